The Hall–Kier alpha value is -0.0400. The second-order valence-corrected chi connectivity index (χ2v) is 4.93. The molecular weight excluding hydrogens is 134 g/mol. The highest BCUT2D eigenvalue weighted by molar-refractivity contribution is 4.95. The summed E-state index contributed by atoms with van der Waals surface area (Å²) in [5.74, 6) is 0.777. The molecule has 0 aromatic rings. The van der Waals surface area contributed by atoms with Crippen LogP contribution in [0.25, 0.3) is 0 Å². The van der Waals surface area contributed by atoms with Crippen molar-refractivity contribution in [3.05, 3.63) is 0 Å². The van der Waals surface area contributed by atoms with Crippen LogP contribution in [0.5, 0.6) is 0 Å². The lowest BCUT2D eigenvalue weighted by atomic mass is 9.83. The molecule has 1 nitrogen and oxygen atoms in total. The molecule has 0 aromatic heterocycles. The average Bonchev–Trinajstić information content (AvgIpc) is 2.08. The van der Waals surface area contributed by atoms with Gasteiger partial charge >= 0.3 is 0 Å². The molecule has 2 unspecified atom stereocenters. The lowest BCUT2D eigenvalue weighted by Gasteiger charge is -2.21. The molecule has 1 aliphatic heterocycles. The van der Waals surface area contributed by atoms with E-state index in [0.29, 0.717) is 11.5 Å². The van der Waals surface area contributed by atoms with Crippen molar-refractivity contribution in [1.82, 2.24) is 5.32 Å². The van der Waals surface area contributed by atoms with Crippen molar-refractivity contribution in [2.24, 2.45) is 11.3 Å². The summed E-state index contributed by atoms with van der Waals surface area (Å²) in [5.41, 5.74) is 0.495. The number of hydrogen-bond acceptors (Lipinski definition) is 1. The number of nitrogens with one attached hydrogen (secondary N) is 1. The van der Waals surface area contributed by atoms with Gasteiger partial charge in [0.2, 0.25) is 0 Å². The summed E-state index contributed by atoms with van der Waals surface area (Å²) < 4.78 is 0. The van der Waals surface area contributed by atoms with E-state index in [1.54, 1.807) is 0 Å². The molecule has 0 aliphatic carbocycles. The maximum absolute atomic E-state index is 3.64. The van der Waals surface area contributed by atoms with Gasteiger partial charge in [0.1, 0.15) is 0 Å². The Balaban J connectivity index is 2.57. The van der Waals surface area contributed by atoms with E-state index >= 15 is 0 Å². The SMILES string of the molecule is CC(C)C1CC(C)(C)C(C)N1. The van der Waals surface area contributed by atoms with Gasteiger partial charge in [-0.1, -0.05) is 27.7 Å². The minimum absolute atomic E-state index is 0.495. The van der Waals surface area contributed by atoms with Crippen LogP contribution in [-0.2, 0) is 0 Å². The fraction of sp³-hybridized carbons (Fsp3) is 1.00. The van der Waals surface area contributed by atoms with Crippen LogP contribution >= 0.6 is 0 Å². The molecule has 1 saturated heterocycles. The lowest BCUT2D eigenvalue weighted by molar-refractivity contribution is 0.328. The molecule has 1 rings (SSSR count). The second-order valence-electron chi connectivity index (χ2n) is 4.93. The lowest BCUT2D eigenvalue weighted by Crippen LogP contribution is -2.33. The highest BCUT2D eigenvalue weighted by atomic mass is 15.0. The molecule has 0 bridgehead atoms. The zero-order valence-electron chi connectivity index (χ0n) is 8.44. The van der Waals surface area contributed by atoms with E-state index in [0.717, 1.165) is 12.0 Å². The molecule has 66 valence electrons. The van der Waals surface area contributed by atoms with Crippen molar-refractivity contribution in [3.63, 3.8) is 0 Å². The van der Waals surface area contributed by atoms with E-state index in [1.165, 1.54) is 6.42 Å². The Bertz CT molecular complexity index is 138. The Morgan fingerprint density at radius 2 is 1.91 bits per heavy atom. The minimum Gasteiger partial charge on any atom is -0.311 e. The molecule has 0 aromatic carbocycles. The number of rotatable bonds is 1. The highest BCUT2D eigenvalue weighted by Crippen LogP contribution is 2.35. The zero-order chi connectivity index (χ0) is 8.65. The molecular formula is C10H21N. The van der Waals surface area contributed by atoms with E-state index in [2.05, 4.69) is 39.9 Å². The molecule has 1 fully saturated rings. The van der Waals surface area contributed by atoms with Crippen LogP contribution in [0.1, 0.15) is 41.0 Å². The summed E-state index contributed by atoms with van der Waals surface area (Å²) in [6, 6.07) is 1.41. The van der Waals surface area contributed by atoms with Crippen molar-refractivity contribution in [2.45, 2.75) is 53.1 Å². The molecule has 1 aliphatic rings. The first-order valence-electron chi connectivity index (χ1n) is 4.69. The summed E-state index contributed by atoms with van der Waals surface area (Å²) in [6.45, 7) is 11.6. The molecule has 0 amide bonds. The first-order valence-corrected chi connectivity index (χ1v) is 4.69. The van der Waals surface area contributed by atoms with Gasteiger partial charge in [0.15, 0.2) is 0 Å². The van der Waals surface area contributed by atoms with Crippen molar-refractivity contribution >= 4 is 0 Å². The first-order chi connectivity index (χ1) is 4.93. The zero-order valence-corrected chi connectivity index (χ0v) is 8.44. The quantitative estimate of drug-likeness (QED) is 0.613. The van der Waals surface area contributed by atoms with E-state index in [-0.39, 0.29) is 0 Å². The molecule has 0 saturated carbocycles. The van der Waals surface area contributed by atoms with Crippen LogP contribution in [-0.4, -0.2) is 12.1 Å². The summed E-state index contributed by atoms with van der Waals surface area (Å²) in [5, 5.41) is 3.64. The van der Waals surface area contributed by atoms with Gasteiger partial charge in [0.25, 0.3) is 0 Å². The molecule has 1 N–H and O–H groups in total. The monoisotopic (exact) mass is 155 g/mol. The van der Waals surface area contributed by atoms with Crippen LogP contribution in [0.15, 0.2) is 0 Å². The Morgan fingerprint density at radius 3 is 2.09 bits per heavy atom. The largest absolute Gasteiger partial charge is 0.311 e. The van der Waals surface area contributed by atoms with Crippen molar-refractivity contribution in [1.29, 1.82) is 0 Å². The van der Waals surface area contributed by atoms with Gasteiger partial charge in [0, 0.05) is 12.1 Å². The van der Waals surface area contributed by atoms with E-state index in [9.17, 15) is 0 Å². The van der Waals surface area contributed by atoms with Crippen LogP contribution in [0.4, 0.5) is 0 Å². The fourth-order valence-electron chi connectivity index (χ4n) is 1.78. The average molecular weight is 155 g/mol. The smallest absolute Gasteiger partial charge is 0.00984 e. The summed E-state index contributed by atoms with van der Waals surface area (Å²) in [7, 11) is 0. The molecule has 11 heavy (non-hydrogen) atoms. The molecule has 0 radical (unpaired) electrons. The van der Waals surface area contributed by atoms with Crippen LogP contribution in [0.2, 0.25) is 0 Å². The Morgan fingerprint density at radius 1 is 1.36 bits per heavy atom. The maximum atomic E-state index is 3.64. The normalized spacial score (nSPS) is 36.5. The third-order valence-corrected chi connectivity index (χ3v) is 3.19. The van der Waals surface area contributed by atoms with Crippen LogP contribution in [0.3, 0.4) is 0 Å². The van der Waals surface area contributed by atoms with E-state index in [4.69, 9.17) is 0 Å². The second kappa shape index (κ2) is 2.78. The van der Waals surface area contributed by atoms with E-state index in [1.807, 2.05) is 0 Å². The molecule has 1 heteroatoms. The number of hydrogen-bond donors (Lipinski definition) is 1. The molecule has 2 atom stereocenters. The van der Waals surface area contributed by atoms with E-state index < -0.39 is 0 Å². The van der Waals surface area contributed by atoms with Gasteiger partial charge in [-0.05, 0) is 24.7 Å². The maximum Gasteiger partial charge on any atom is 0.00984 e. The predicted octanol–water partition coefficient (Wildman–Crippen LogP) is 2.42. The van der Waals surface area contributed by atoms with Gasteiger partial charge in [-0.3, -0.25) is 0 Å². The molecule has 0 spiro atoms. The summed E-state index contributed by atoms with van der Waals surface area (Å²) in [4.78, 5) is 0. The van der Waals surface area contributed by atoms with Gasteiger partial charge in [0.05, 0.1) is 0 Å². The molecule has 1 heterocycles. The third-order valence-electron chi connectivity index (χ3n) is 3.19. The Labute approximate surface area is 70.6 Å². The van der Waals surface area contributed by atoms with Gasteiger partial charge in [-0.25, -0.2) is 0 Å². The van der Waals surface area contributed by atoms with Crippen LogP contribution < -0.4 is 5.32 Å². The topological polar surface area (TPSA) is 12.0 Å². The van der Waals surface area contributed by atoms with Gasteiger partial charge in [-0.15, -0.1) is 0 Å². The third kappa shape index (κ3) is 1.76. The standard InChI is InChI=1S/C10H21N/c1-7(2)9-6-10(4,5)8(3)11-9/h7-9,11H,6H2,1-5H3. The highest BCUT2D eigenvalue weighted by Gasteiger charge is 2.37. The van der Waals surface area contributed by atoms with Crippen molar-refractivity contribution < 1.29 is 0 Å². The first kappa shape index (κ1) is 9.05. The van der Waals surface area contributed by atoms with Crippen molar-refractivity contribution in [2.75, 3.05) is 0 Å². The van der Waals surface area contributed by atoms with Gasteiger partial charge < -0.3 is 5.32 Å². The Kier molecular flexibility index (Phi) is 2.29. The van der Waals surface area contributed by atoms with Crippen molar-refractivity contribution in [3.8, 4) is 0 Å². The summed E-state index contributed by atoms with van der Waals surface area (Å²) in [6.07, 6.45) is 1.33. The fourth-order valence-corrected chi connectivity index (χ4v) is 1.78. The summed E-state index contributed by atoms with van der Waals surface area (Å²) >= 11 is 0. The minimum atomic E-state index is 0.495. The van der Waals surface area contributed by atoms with Gasteiger partial charge in [-0.2, -0.15) is 0 Å². The predicted molar refractivity (Wildman–Crippen MR) is 49.6 cm³/mol. The van der Waals surface area contributed by atoms with Crippen LogP contribution in [0, 0.1) is 11.3 Å².